The molecule has 0 aliphatic carbocycles. The topological polar surface area (TPSA) is 38.7 Å². The van der Waals surface area contributed by atoms with Crippen LogP contribution in [0.4, 0.5) is 0 Å². The molecule has 0 aliphatic heterocycles. The van der Waals surface area contributed by atoms with Gasteiger partial charge in [0.15, 0.2) is 0 Å². The van der Waals surface area contributed by atoms with Crippen molar-refractivity contribution in [3.05, 3.63) is 41.7 Å². The highest BCUT2D eigenvalue weighted by Gasteiger charge is 2.09. The van der Waals surface area contributed by atoms with Crippen LogP contribution in [-0.4, -0.2) is 13.7 Å². The van der Waals surface area contributed by atoms with Crippen LogP contribution >= 0.6 is 11.7 Å². The van der Waals surface area contributed by atoms with Crippen molar-refractivity contribution >= 4 is 22.8 Å². The predicted octanol–water partition coefficient (Wildman–Crippen LogP) is 3.37. The number of pyridine rings is 1. The van der Waals surface area contributed by atoms with E-state index in [0.717, 1.165) is 27.9 Å². The van der Waals surface area contributed by atoms with E-state index in [0.29, 0.717) is 0 Å². The smallest absolute Gasteiger partial charge is 0.112 e. The van der Waals surface area contributed by atoms with Crippen LogP contribution in [-0.2, 0) is 0 Å². The maximum atomic E-state index is 4.40. The summed E-state index contributed by atoms with van der Waals surface area (Å²) in [5.41, 5.74) is 6.45. The van der Waals surface area contributed by atoms with E-state index in [1.807, 2.05) is 19.2 Å². The first-order valence-electron chi connectivity index (χ1n) is 5.40. The van der Waals surface area contributed by atoms with Gasteiger partial charge in [-0.3, -0.25) is 4.98 Å². The number of hydrogen-bond donors (Lipinski definition) is 0. The Hall–Kier alpha value is -1.81. The third kappa shape index (κ3) is 1.70. The lowest BCUT2D eigenvalue weighted by atomic mass is 10.0. The molecule has 0 N–H and O–H groups in total. The Balaban J connectivity index is 2.31. The Bertz CT molecular complexity index is 688. The van der Waals surface area contributed by atoms with Crippen molar-refractivity contribution in [1.82, 2.24) is 13.7 Å². The largest absolute Gasteiger partial charge is 0.262 e. The van der Waals surface area contributed by atoms with E-state index in [9.17, 15) is 0 Å². The summed E-state index contributed by atoms with van der Waals surface area (Å²) in [5, 5.41) is 0. The number of nitrogens with zero attached hydrogens (tertiary/aromatic N) is 3. The van der Waals surface area contributed by atoms with Gasteiger partial charge in [0.2, 0.25) is 0 Å². The van der Waals surface area contributed by atoms with Crippen LogP contribution in [0.3, 0.4) is 0 Å². The van der Waals surface area contributed by atoms with Gasteiger partial charge in [0.05, 0.1) is 11.7 Å². The standard InChI is InChI=1S/C13H11N3S/c1-8-3-4-11(13-12(8)15-17-16-13)10-5-6-14-9(2)7-10/h3-7H,1-2H3. The number of fused-ring (bicyclic) bond motifs is 1. The first-order chi connectivity index (χ1) is 8.25. The lowest BCUT2D eigenvalue weighted by Crippen LogP contribution is -1.86. The van der Waals surface area contributed by atoms with Gasteiger partial charge in [-0.1, -0.05) is 12.1 Å². The maximum absolute atomic E-state index is 4.40. The SMILES string of the molecule is Cc1cc(-c2ccc(C)c3nsnc23)ccn1. The van der Waals surface area contributed by atoms with E-state index in [1.165, 1.54) is 17.3 Å². The molecule has 17 heavy (non-hydrogen) atoms. The van der Waals surface area contributed by atoms with E-state index in [4.69, 9.17) is 0 Å². The third-order valence-electron chi connectivity index (χ3n) is 2.82. The monoisotopic (exact) mass is 241 g/mol. The number of benzene rings is 1. The molecule has 0 saturated carbocycles. The summed E-state index contributed by atoms with van der Waals surface area (Å²) in [7, 11) is 0. The van der Waals surface area contributed by atoms with Crippen LogP contribution in [0.5, 0.6) is 0 Å². The zero-order valence-electron chi connectivity index (χ0n) is 9.64. The second kappa shape index (κ2) is 3.89. The maximum Gasteiger partial charge on any atom is 0.112 e. The molecule has 0 fully saturated rings. The first kappa shape index (κ1) is 10.4. The van der Waals surface area contributed by atoms with Gasteiger partial charge in [-0.25, -0.2) is 0 Å². The predicted molar refractivity (Wildman–Crippen MR) is 70.1 cm³/mol. The summed E-state index contributed by atoms with van der Waals surface area (Å²) in [6, 6.07) is 8.28. The van der Waals surface area contributed by atoms with E-state index in [-0.39, 0.29) is 0 Å². The van der Waals surface area contributed by atoms with Crippen LogP contribution in [0.2, 0.25) is 0 Å². The molecule has 0 unspecified atom stereocenters. The molecule has 2 aromatic heterocycles. The zero-order chi connectivity index (χ0) is 11.8. The Morgan fingerprint density at radius 3 is 2.65 bits per heavy atom. The summed E-state index contributed by atoms with van der Waals surface area (Å²) >= 11 is 1.26. The van der Waals surface area contributed by atoms with Crippen molar-refractivity contribution < 1.29 is 0 Å². The Labute approximate surface area is 103 Å². The fraction of sp³-hybridized carbons (Fsp3) is 0.154. The summed E-state index contributed by atoms with van der Waals surface area (Å²) in [6.45, 7) is 4.06. The molecule has 0 saturated heterocycles. The van der Waals surface area contributed by atoms with Crippen molar-refractivity contribution in [2.24, 2.45) is 0 Å². The molecular weight excluding hydrogens is 230 g/mol. The lowest BCUT2D eigenvalue weighted by Gasteiger charge is -2.04. The molecule has 0 bridgehead atoms. The van der Waals surface area contributed by atoms with Gasteiger partial charge in [0.25, 0.3) is 0 Å². The van der Waals surface area contributed by atoms with Gasteiger partial charge in [-0.05, 0) is 37.1 Å². The first-order valence-corrected chi connectivity index (χ1v) is 6.13. The summed E-state index contributed by atoms with van der Waals surface area (Å²) in [5.74, 6) is 0. The van der Waals surface area contributed by atoms with Gasteiger partial charge < -0.3 is 0 Å². The summed E-state index contributed by atoms with van der Waals surface area (Å²) in [4.78, 5) is 4.22. The van der Waals surface area contributed by atoms with E-state index in [1.54, 1.807) is 0 Å². The second-order valence-corrected chi connectivity index (χ2v) is 4.61. The highest BCUT2D eigenvalue weighted by molar-refractivity contribution is 7.00. The molecule has 0 atom stereocenters. The molecule has 0 amide bonds. The van der Waals surface area contributed by atoms with Gasteiger partial charge in [-0.2, -0.15) is 8.75 Å². The van der Waals surface area contributed by atoms with Crippen molar-refractivity contribution in [1.29, 1.82) is 0 Å². The van der Waals surface area contributed by atoms with E-state index >= 15 is 0 Å². The molecular formula is C13H11N3S. The highest BCUT2D eigenvalue weighted by Crippen LogP contribution is 2.29. The zero-order valence-corrected chi connectivity index (χ0v) is 10.5. The van der Waals surface area contributed by atoms with Gasteiger partial charge in [0, 0.05) is 17.5 Å². The molecule has 84 valence electrons. The van der Waals surface area contributed by atoms with Crippen LogP contribution < -0.4 is 0 Å². The van der Waals surface area contributed by atoms with Crippen LogP contribution in [0.1, 0.15) is 11.3 Å². The minimum Gasteiger partial charge on any atom is -0.262 e. The van der Waals surface area contributed by atoms with Crippen LogP contribution in [0.15, 0.2) is 30.5 Å². The quantitative estimate of drug-likeness (QED) is 0.655. The molecule has 0 radical (unpaired) electrons. The second-order valence-electron chi connectivity index (χ2n) is 4.08. The minimum atomic E-state index is 0.987. The summed E-state index contributed by atoms with van der Waals surface area (Å²) in [6.07, 6.45) is 1.83. The molecule has 2 heterocycles. The van der Waals surface area contributed by atoms with Crippen LogP contribution in [0.25, 0.3) is 22.2 Å². The fourth-order valence-electron chi connectivity index (χ4n) is 1.94. The Kier molecular flexibility index (Phi) is 2.37. The minimum absolute atomic E-state index is 0.987. The fourth-order valence-corrected chi connectivity index (χ4v) is 2.56. The Morgan fingerprint density at radius 2 is 1.82 bits per heavy atom. The lowest BCUT2D eigenvalue weighted by molar-refractivity contribution is 1.20. The van der Waals surface area contributed by atoms with Crippen molar-refractivity contribution in [2.45, 2.75) is 13.8 Å². The molecule has 1 aromatic carbocycles. The molecule has 3 nitrogen and oxygen atoms in total. The third-order valence-corrected chi connectivity index (χ3v) is 3.35. The van der Waals surface area contributed by atoms with Crippen molar-refractivity contribution in [3.63, 3.8) is 0 Å². The molecule has 3 rings (SSSR count). The van der Waals surface area contributed by atoms with Crippen molar-refractivity contribution in [2.75, 3.05) is 0 Å². The van der Waals surface area contributed by atoms with Crippen molar-refractivity contribution in [3.8, 4) is 11.1 Å². The molecule has 3 aromatic rings. The average molecular weight is 241 g/mol. The van der Waals surface area contributed by atoms with Crippen LogP contribution in [0, 0.1) is 13.8 Å². The normalized spacial score (nSPS) is 10.9. The van der Waals surface area contributed by atoms with E-state index in [2.05, 4.69) is 38.9 Å². The van der Waals surface area contributed by atoms with Gasteiger partial charge >= 0.3 is 0 Å². The van der Waals surface area contributed by atoms with Gasteiger partial charge in [0.1, 0.15) is 11.0 Å². The number of aryl methyl sites for hydroxylation is 2. The number of aromatic nitrogens is 3. The number of rotatable bonds is 1. The molecule has 4 heteroatoms. The average Bonchev–Trinajstić information content (AvgIpc) is 2.79. The summed E-state index contributed by atoms with van der Waals surface area (Å²) < 4.78 is 8.74. The van der Waals surface area contributed by atoms with Gasteiger partial charge in [-0.15, -0.1) is 0 Å². The highest BCUT2D eigenvalue weighted by atomic mass is 32.1. The Morgan fingerprint density at radius 1 is 1.00 bits per heavy atom. The number of hydrogen-bond acceptors (Lipinski definition) is 4. The molecule has 0 aliphatic rings. The molecule has 0 spiro atoms. The van der Waals surface area contributed by atoms with E-state index < -0.39 is 0 Å².